The summed E-state index contributed by atoms with van der Waals surface area (Å²) in [7, 11) is -4.37. The minimum Gasteiger partial charge on any atom is -0.290 e. The van der Waals surface area contributed by atoms with Crippen LogP contribution in [0.4, 0.5) is 17.6 Å². The predicted octanol–water partition coefficient (Wildman–Crippen LogP) is 5.39. The standard InChI is InChI=1S/C27H20F4N4O3S2/c28-20-4-6-21(7-5-20)35-23-13-18-8-10-34(40(37,38)22-3-1-2-19(12-22)27(29,30)31)16-26(18,14-17(23)15-33-35)24(36)25-32-9-11-39-25/h1-7,9,11-13,15H,8,10,14,16H2/t26-/m1/s1. The van der Waals surface area contributed by atoms with Crippen molar-refractivity contribution in [3.8, 4) is 5.69 Å². The normalized spacial score (nSPS) is 19.6. The molecule has 1 atom stereocenters. The SMILES string of the molecule is O=C(c1nccs1)[C@@]12Cc3cnn(-c4ccc(F)cc4)c3C=C1CCN(S(=O)(=O)c1cccc(C(F)(F)F)c1)C2. The Morgan fingerprint density at radius 1 is 1.10 bits per heavy atom. The maximum atomic E-state index is 14.0. The van der Waals surface area contributed by atoms with Crippen LogP contribution in [0.1, 0.15) is 33.0 Å². The maximum absolute atomic E-state index is 14.0. The van der Waals surface area contributed by atoms with Crippen molar-refractivity contribution in [3.63, 3.8) is 0 Å². The van der Waals surface area contributed by atoms with Gasteiger partial charge in [-0.3, -0.25) is 4.79 Å². The van der Waals surface area contributed by atoms with E-state index in [9.17, 15) is 30.8 Å². The first-order valence-electron chi connectivity index (χ1n) is 12.1. The van der Waals surface area contributed by atoms with Crippen LogP contribution >= 0.6 is 11.3 Å². The van der Waals surface area contributed by atoms with Crippen LogP contribution in [0.5, 0.6) is 0 Å². The first-order valence-corrected chi connectivity index (χ1v) is 14.5. The Labute approximate surface area is 230 Å². The number of nitrogens with zero attached hydrogens (tertiary/aromatic N) is 4. The number of Topliss-reactive ketones (excluding diaryl/α,β-unsaturated/α-hetero) is 1. The Kier molecular flexibility index (Phi) is 6.28. The number of hydrogen-bond donors (Lipinski definition) is 0. The number of thiazole rings is 1. The van der Waals surface area contributed by atoms with Gasteiger partial charge in [-0.05, 0) is 66.9 Å². The number of sulfonamides is 1. The average molecular weight is 589 g/mol. The van der Waals surface area contributed by atoms with Crippen molar-refractivity contribution >= 4 is 33.2 Å². The molecule has 0 saturated carbocycles. The van der Waals surface area contributed by atoms with Gasteiger partial charge in [0.1, 0.15) is 5.82 Å². The van der Waals surface area contributed by atoms with Crippen molar-refractivity contribution in [2.75, 3.05) is 13.1 Å². The zero-order valence-corrected chi connectivity index (χ0v) is 22.2. The molecule has 0 amide bonds. The van der Waals surface area contributed by atoms with Gasteiger partial charge in [-0.2, -0.15) is 22.6 Å². The lowest BCUT2D eigenvalue weighted by molar-refractivity contribution is -0.137. The highest BCUT2D eigenvalue weighted by molar-refractivity contribution is 7.89. The van der Waals surface area contributed by atoms with E-state index in [0.717, 1.165) is 33.8 Å². The summed E-state index contributed by atoms with van der Waals surface area (Å²) in [6, 6.07) is 9.38. The summed E-state index contributed by atoms with van der Waals surface area (Å²) in [6.45, 7) is -0.297. The fourth-order valence-electron chi connectivity index (χ4n) is 5.33. The topological polar surface area (TPSA) is 85.2 Å². The van der Waals surface area contributed by atoms with Crippen molar-refractivity contribution in [3.05, 3.63) is 99.5 Å². The van der Waals surface area contributed by atoms with Gasteiger partial charge < -0.3 is 0 Å². The molecule has 1 aliphatic heterocycles. The highest BCUT2D eigenvalue weighted by atomic mass is 32.2. The van der Waals surface area contributed by atoms with E-state index in [-0.39, 0.29) is 36.7 Å². The summed E-state index contributed by atoms with van der Waals surface area (Å²) < 4.78 is 83.5. The van der Waals surface area contributed by atoms with Gasteiger partial charge in [0.15, 0.2) is 5.01 Å². The Morgan fingerprint density at radius 2 is 1.88 bits per heavy atom. The van der Waals surface area contributed by atoms with E-state index in [1.807, 2.05) is 6.08 Å². The van der Waals surface area contributed by atoms with E-state index in [1.54, 1.807) is 28.4 Å². The third kappa shape index (κ3) is 4.38. The third-order valence-electron chi connectivity index (χ3n) is 7.31. The summed E-state index contributed by atoms with van der Waals surface area (Å²) >= 11 is 1.13. The number of rotatable bonds is 5. The molecule has 1 aliphatic carbocycles. The average Bonchev–Trinajstić information content (AvgIpc) is 3.61. The van der Waals surface area contributed by atoms with Crippen molar-refractivity contribution in [2.45, 2.75) is 23.9 Å². The molecule has 2 aliphatic rings. The van der Waals surface area contributed by atoms with E-state index in [1.165, 1.54) is 18.3 Å². The number of benzene rings is 2. The van der Waals surface area contributed by atoms with E-state index < -0.39 is 37.9 Å². The van der Waals surface area contributed by atoms with Crippen LogP contribution < -0.4 is 0 Å². The molecule has 4 aromatic rings. The summed E-state index contributed by atoms with van der Waals surface area (Å²) in [5, 5.41) is 6.30. The largest absolute Gasteiger partial charge is 0.416 e. The van der Waals surface area contributed by atoms with E-state index in [0.29, 0.717) is 28.6 Å². The highest BCUT2D eigenvalue weighted by Crippen LogP contribution is 2.47. The van der Waals surface area contributed by atoms with Crippen molar-refractivity contribution < 1.29 is 30.8 Å². The number of carbonyl (C=O) groups excluding carboxylic acids is 1. The first-order chi connectivity index (χ1) is 19.0. The molecule has 6 rings (SSSR count). The third-order valence-corrected chi connectivity index (χ3v) is 9.93. The van der Waals surface area contributed by atoms with Crippen LogP contribution in [0.25, 0.3) is 11.8 Å². The Bertz CT molecular complexity index is 1750. The van der Waals surface area contributed by atoms with Crippen LogP contribution in [-0.4, -0.2) is 46.4 Å². The minimum atomic E-state index is -4.71. The molecule has 7 nitrogen and oxygen atoms in total. The van der Waals surface area contributed by atoms with E-state index in [4.69, 9.17) is 0 Å². The molecule has 1 fully saturated rings. The van der Waals surface area contributed by atoms with Gasteiger partial charge in [0.2, 0.25) is 15.8 Å². The number of aromatic nitrogens is 3. The molecule has 40 heavy (non-hydrogen) atoms. The lowest BCUT2D eigenvalue weighted by Crippen LogP contribution is -2.53. The van der Waals surface area contributed by atoms with Gasteiger partial charge in [-0.25, -0.2) is 22.5 Å². The zero-order valence-electron chi connectivity index (χ0n) is 20.6. The van der Waals surface area contributed by atoms with Gasteiger partial charge in [-0.15, -0.1) is 11.3 Å². The number of fused-ring (bicyclic) bond motifs is 2. The lowest BCUT2D eigenvalue weighted by atomic mass is 9.66. The van der Waals surface area contributed by atoms with E-state index in [2.05, 4.69) is 10.1 Å². The van der Waals surface area contributed by atoms with E-state index >= 15 is 0 Å². The van der Waals surface area contributed by atoms with Crippen LogP contribution in [0.15, 0.2) is 76.8 Å². The molecule has 0 bridgehead atoms. The Balaban J connectivity index is 1.42. The van der Waals surface area contributed by atoms with Crippen LogP contribution in [0.3, 0.4) is 0 Å². The summed E-state index contributed by atoms with van der Waals surface area (Å²) in [6.07, 6.45) is 0.457. The maximum Gasteiger partial charge on any atom is 0.416 e. The number of halogens is 4. The van der Waals surface area contributed by atoms with Crippen molar-refractivity contribution in [1.29, 1.82) is 0 Å². The van der Waals surface area contributed by atoms with Gasteiger partial charge in [0.05, 0.1) is 33.5 Å². The molecule has 1 saturated heterocycles. The van der Waals surface area contributed by atoms with Crippen LogP contribution in [0, 0.1) is 11.2 Å². The van der Waals surface area contributed by atoms with Crippen molar-refractivity contribution in [2.24, 2.45) is 5.41 Å². The second-order valence-corrected chi connectivity index (χ2v) is 12.5. The quantitative estimate of drug-likeness (QED) is 0.231. The molecule has 3 heterocycles. The molecule has 13 heteroatoms. The lowest BCUT2D eigenvalue weighted by Gasteiger charge is -2.44. The van der Waals surface area contributed by atoms with Gasteiger partial charge in [-0.1, -0.05) is 11.6 Å². The Hall–Kier alpha value is -3.68. The molecule has 2 aromatic heterocycles. The number of alkyl halides is 3. The van der Waals surface area contributed by atoms with Crippen molar-refractivity contribution in [1.82, 2.24) is 19.1 Å². The summed E-state index contributed by atoms with van der Waals surface area (Å²) in [5.41, 5.74) is 0.265. The monoisotopic (exact) mass is 588 g/mol. The van der Waals surface area contributed by atoms with Gasteiger partial charge in [0.25, 0.3) is 0 Å². The number of piperidine rings is 1. The van der Waals surface area contributed by atoms with Gasteiger partial charge in [0, 0.05) is 24.7 Å². The first kappa shape index (κ1) is 26.5. The second-order valence-electron chi connectivity index (χ2n) is 9.65. The van der Waals surface area contributed by atoms with Crippen LogP contribution in [0.2, 0.25) is 0 Å². The fraction of sp³-hybridized carbons (Fsp3) is 0.222. The Morgan fingerprint density at radius 3 is 2.58 bits per heavy atom. The smallest absolute Gasteiger partial charge is 0.290 e. The molecular weight excluding hydrogens is 568 g/mol. The molecule has 0 radical (unpaired) electrons. The molecule has 2 aromatic carbocycles. The minimum absolute atomic E-state index is 0.0304. The predicted molar refractivity (Wildman–Crippen MR) is 139 cm³/mol. The molecule has 0 spiro atoms. The number of carbonyl (C=O) groups is 1. The molecular formula is C27H20F4N4O3S2. The molecule has 0 unspecified atom stereocenters. The summed E-state index contributed by atoms with van der Waals surface area (Å²) in [4.78, 5) is 17.7. The number of hydrogen-bond acceptors (Lipinski definition) is 6. The highest BCUT2D eigenvalue weighted by Gasteiger charge is 2.51. The zero-order chi connectivity index (χ0) is 28.3. The molecule has 206 valence electrons. The second kappa shape index (κ2) is 9.46. The van der Waals surface area contributed by atoms with Gasteiger partial charge >= 0.3 is 6.18 Å². The fourth-order valence-corrected chi connectivity index (χ4v) is 7.55. The molecule has 0 N–H and O–H groups in total. The van der Waals surface area contributed by atoms with Crippen LogP contribution in [-0.2, 0) is 22.6 Å². The summed E-state index contributed by atoms with van der Waals surface area (Å²) in [5.74, 6) is -0.761. The number of ketones is 1.